The Morgan fingerprint density at radius 1 is 1.14 bits per heavy atom. The molecule has 0 saturated heterocycles. The largest absolute Gasteiger partial charge is 0.508 e. The summed E-state index contributed by atoms with van der Waals surface area (Å²) in [5.74, 6) is -1.73. The van der Waals surface area contributed by atoms with Gasteiger partial charge in [-0.3, -0.25) is 4.79 Å². The molecule has 1 heterocycles. The molecule has 0 spiro atoms. The molecule has 4 rings (SSSR count). The highest BCUT2D eigenvalue weighted by Gasteiger charge is 2.43. The van der Waals surface area contributed by atoms with Crippen molar-refractivity contribution in [2.75, 3.05) is 5.32 Å². The van der Waals surface area contributed by atoms with Gasteiger partial charge in [0.1, 0.15) is 23.8 Å². The van der Waals surface area contributed by atoms with Gasteiger partial charge in [0, 0.05) is 27.7 Å². The molecular formula is C27H25BrFNO5. The minimum absolute atomic E-state index is 0.0354. The number of aromatic hydroxyl groups is 1. The Kier molecular flexibility index (Phi) is 6.71. The van der Waals surface area contributed by atoms with Crippen LogP contribution in [-0.2, 0) is 28.0 Å². The Bertz CT molecular complexity index is 1310. The lowest BCUT2D eigenvalue weighted by Crippen LogP contribution is -2.49. The fraction of sp³-hybridized carbons (Fsp3) is 0.259. The number of carbonyl (C=O) groups excluding carboxylic acids is 2. The first-order chi connectivity index (χ1) is 16.5. The van der Waals surface area contributed by atoms with E-state index in [9.17, 15) is 24.2 Å². The first-order valence-electron chi connectivity index (χ1n) is 11.0. The van der Waals surface area contributed by atoms with Gasteiger partial charge in [0.25, 0.3) is 5.91 Å². The molecule has 3 N–H and O–H groups in total. The zero-order valence-corrected chi connectivity index (χ0v) is 20.9. The van der Waals surface area contributed by atoms with Crippen LogP contribution in [0.3, 0.4) is 0 Å². The lowest BCUT2D eigenvalue weighted by molar-refractivity contribution is -0.136. The zero-order valence-electron chi connectivity index (χ0n) is 19.3. The van der Waals surface area contributed by atoms with Gasteiger partial charge in [-0.05, 0) is 59.9 Å². The van der Waals surface area contributed by atoms with Gasteiger partial charge in [-0.15, -0.1) is 0 Å². The van der Waals surface area contributed by atoms with Gasteiger partial charge in [0.05, 0.1) is 5.56 Å². The van der Waals surface area contributed by atoms with E-state index in [-0.39, 0.29) is 30.8 Å². The van der Waals surface area contributed by atoms with Crippen molar-refractivity contribution < 1.29 is 28.9 Å². The van der Waals surface area contributed by atoms with E-state index < -0.39 is 28.7 Å². The number of hydrogen-bond acceptors (Lipinski definition) is 5. The fourth-order valence-corrected chi connectivity index (χ4v) is 4.94. The van der Waals surface area contributed by atoms with Crippen LogP contribution in [0.25, 0.3) is 0 Å². The van der Waals surface area contributed by atoms with Gasteiger partial charge in [-0.1, -0.05) is 48.0 Å². The molecule has 1 aliphatic rings. The molecule has 3 aromatic carbocycles. The van der Waals surface area contributed by atoms with Gasteiger partial charge in [-0.2, -0.15) is 0 Å². The monoisotopic (exact) mass is 541 g/mol. The standard InChI is InChI=1S/C27H25BrFNO5/c1-26(2,21-12-18(29)7-10-23(21)31)15-27(34,13-16-5-3-4-6-22(16)28)25(33)30-19-8-9-20-17(11-19)14-35-24(20)32/h3-12,31,34H,13-15H2,1-2H3,(H,30,33). The number of nitrogens with one attached hydrogen (secondary N) is 1. The number of halogens is 2. The van der Waals surface area contributed by atoms with Crippen LogP contribution >= 0.6 is 15.9 Å². The predicted molar refractivity (Wildman–Crippen MR) is 133 cm³/mol. The van der Waals surface area contributed by atoms with Gasteiger partial charge in [0.2, 0.25) is 0 Å². The highest BCUT2D eigenvalue weighted by Crippen LogP contribution is 2.40. The van der Waals surface area contributed by atoms with Gasteiger partial charge in [-0.25, -0.2) is 9.18 Å². The van der Waals surface area contributed by atoms with Crippen LogP contribution in [-0.4, -0.2) is 27.7 Å². The van der Waals surface area contributed by atoms with Crippen LogP contribution in [0, 0.1) is 5.82 Å². The average Bonchev–Trinajstić information content (AvgIpc) is 3.16. The van der Waals surface area contributed by atoms with Crippen molar-refractivity contribution in [2.45, 2.75) is 44.3 Å². The molecule has 0 aliphatic carbocycles. The van der Waals surface area contributed by atoms with Crippen molar-refractivity contribution in [1.82, 2.24) is 0 Å². The Morgan fingerprint density at radius 2 is 1.89 bits per heavy atom. The molecular weight excluding hydrogens is 517 g/mol. The Morgan fingerprint density at radius 3 is 2.63 bits per heavy atom. The number of benzene rings is 3. The van der Waals surface area contributed by atoms with E-state index in [4.69, 9.17) is 4.74 Å². The maximum absolute atomic E-state index is 14.0. The van der Waals surface area contributed by atoms with Crippen LogP contribution in [0.15, 0.2) is 65.1 Å². The Hall–Kier alpha value is -3.23. The maximum Gasteiger partial charge on any atom is 0.338 e. The smallest absolute Gasteiger partial charge is 0.338 e. The molecule has 0 saturated carbocycles. The van der Waals surface area contributed by atoms with Crippen LogP contribution in [0.2, 0.25) is 0 Å². The average molecular weight is 542 g/mol. The second kappa shape index (κ2) is 9.43. The molecule has 8 heteroatoms. The number of phenolic OH excluding ortho intramolecular Hbond substituents is 1. The second-order valence-corrected chi connectivity index (χ2v) is 10.3. The molecule has 1 atom stereocenters. The van der Waals surface area contributed by atoms with Crippen molar-refractivity contribution in [3.63, 3.8) is 0 Å². The third kappa shape index (κ3) is 5.23. The number of esters is 1. The summed E-state index contributed by atoms with van der Waals surface area (Å²) in [7, 11) is 0. The minimum atomic E-state index is -1.93. The van der Waals surface area contributed by atoms with Crippen LogP contribution in [0.4, 0.5) is 10.1 Å². The quantitative estimate of drug-likeness (QED) is 0.355. The van der Waals surface area contributed by atoms with Crippen LogP contribution < -0.4 is 5.32 Å². The van der Waals surface area contributed by atoms with Crippen LogP contribution in [0.1, 0.15) is 47.3 Å². The first-order valence-corrected chi connectivity index (χ1v) is 11.8. The number of phenols is 1. The summed E-state index contributed by atoms with van der Waals surface area (Å²) in [5.41, 5.74) is -0.429. The summed E-state index contributed by atoms with van der Waals surface area (Å²) in [4.78, 5) is 25.3. The molecule has 1 aliphatic heterocycles. The third-order valence-electron chi connectivity index (χ3n) is 6.23. The van der Waals surface area contributed by atoms with E-state index in [2.05, 4.69) is 21.2 Å². The molecule has 35 heavy (non-hydrogen) atoms. The molecule has 182 valence electrons. The third-order valence-corrected chi connectivity index (χ3v) is 7.00. The molecule has 3 aromatic rings. The van der Waals surface area contributed by atoms with Gasteiger partial charge >= 0.3 is 5.97 Å². The molecule has 0 radical (unpaired) electrons. The summed E-state index contributed by atoms with van der Waals surface area (Å²) >= 11 is 3.47. The number of carbonyl (C=O) groups is 2. The normalized spacial score (nSPS) is 14.7. The summed E-state index contributed by atoms with van der Waals surface area (Å²) in [5, 5.41) is 25.0. The lowest BCUT2D eigenvalue weighted by Gasteiger charge is -2.36. The van der Waals surface area contributed by atoms with Crippen LogP contribution in [0.5, 0.6) is 5.75 Å². The topological polar surface area (TPSA) is 95.9 Å². The molecule has 1 amide bonds. The lowest BCUT2D eigenvalue weighted by atomic mass is 9.72. The first kappa shape index (κ1) is 24.9. The van der Waals surface area contributed by atoms with E-state index in [1.165, 1.54) is 12.1 Å². The summed E-state index contributed by atoms with van der Waals surface area (Å²) < 4.78 is 19.7. The van der Waals surface area contributed by atoms with Gasteiger partial charge in [0.15, 0.2) is 0 Å². The van der Waals surface area contributed by atoms with E-state index in [0.717, 1.165) is 10.5 Å². The van der Waals surface area contributed by atoms with E-state index >= 15 is 0 Å². The Balaban J connectivity index is 1.68. The van der Waals surface area contributed by atoms with Crippen molar-refractivity contribution in [3.8, 4) is 5.75 Å². The van der Waals surface area contributed by atoms with Crippen molar-refractivity contribution in [2.24, 2.45) is 0 Å². The van der Waals surface area contributed by atoms with E-state index in [1.54, 1.807) is 44.2 Å². The number of anilines is 1. The molecule has 0 aromatic heterocycles. The number of cyclic esters (lactones) is 1. The predicted octanol–water partition coefficient (Wildman–Crippen LogP) is 5.24. The van der Waals surface area contributed by atoms with Gasteiger partial charge < -0.3 is 20.3 Å². The zero-order chi connectivity index (χ0) is 25.4. The highest BCUT2D eigenvalue weighted by atomic mass is 79.9. The number of amides is 1. The van der Waals surface area contributed by atoms with Crippen molar-refractivity contribution in [3.05, 3.63) is 93.2 Å². The van der Waals surface area contributed by atoms with E-state index in [1.807, 2.05) is 12.1 Å². The number of rotatable bonds is 7. The fourth-order valence-electron chi connectivity index (χ4n) is 4.52. The van der Waals surface area contributed by atoms with Crippen molar-refractivity contribution >= 4 is 33.5 Å². The number of hydrogen-bond donors (Lipinski definition) is 3. The summed E-state index contributed by atoms with van der Waals surface area (Å²) in [6.45, 7) is 3.58. The second-order valence-electron chi connectivity index (χ2n) is 9.42. The minimum Gasteiger partial charge on any atom is -0.508 e. The SMILES string of the molecule is CC(C)(CC(O)(Cc1ccccc1Br)C(=O)Nc1ccc2c(c1)COC2=O)c1cc(F)ccc1O. The van der Waals surface area contributed by atoms with Crippen molar-refractivity contribution in [1.29, 1.82) is 0 Å². The Labute approximate surface area is 210 Å². The van der Waals surface area contributed by atoms with E-state index in [0.29, 0.717) is 22.4 Å². The summed E-state index contributed by atoms with van der Waals surface area (Å²) in [6, 6.07) is 15.7. The maximum atomic E-state index is 14.0. The summed E-state index contributed by atoms with van der Waals surface area (Å²) in [6.07, 6.45) is -0.150. The number of fused-ring (bicyclic) bond motifs is 1. The number of ether oxygens (including phenoxy) is 1. The molecule has 0 bridgehead atoms. The number of aliphatic hydroxyl groups is 1. The molecule has 6 nitrogen and oxygen atoms in total. The highest BCUT2D eigenvalue weighted by molar-refractivity contribution is 9.10. The molecule has 0 fully saturated rings. The molecule has 1 unspecified atom stereocenters.